The van der Waals surface area contributed by atoms with Crippen LogP contribution in [0.25, 0.3) is 11.2 Å². The topological polar surface area (TPSA) is 390 Å². The van der Waals surface area contributed by atoms with Gasteiger partial charge in [0.2, 0.25) is 0 Å². The van der Waals surface area contributed by atoms with Crippen LogP contribution in [-0.4, -0.2) is 174 Å². The maximum atomic E-state index is 11.9. The van der Waals surface area contributed by atoms with E-state index in [1.165, 1.54) is 10.9 Å². The Bertz CT molecular complexity index is 1460. The highest BCUT2D eigenvalue weighted by molar-refractivity contribution is 7.46. The molecule has 0 saturated carbocycles. The third kappa shape index (κ3) is 7.83. The number of hydrogen-bond acceptors (Lipinski definition) is 19. The molecule has 24 nitrogen and oxygen atoms in total. The van der Waals surface area contributed by atoms with Gasteiger partial charge in [-0.05, 0) is 0 Å². The normalized spacial score (nSPS) is 32.6. The minimum absolute atomic E-state index is 0.0418. The number of phosphoric acid groups is 1. The summed E-state index contributed by atoms with van der Waals surface area (Å²) in [7, 11) is -5.64. The first-order chi connectivity index (χ1) is 22.0. The number of aliphatic carboxylic acids is 2. The summed E-state index contributed by atoms with van der Waals surface area (Å²) in [4.78, 5) is 53.1. The monoisotopic (exact) mass is 701 g/mol. The van der Waals surface area contributed by atoms with Crippen molar-refractivity contribution in [2.24, 2.45) is 0 Å². The molecule has 0 radical (unpaired) electrons. The summed E-state index contributed by atoms with van der Waals surface area (Å²) in [5, 5.41) is 91.3. The first-order valence-corrected chi connectivity index (χ1v) is 14.9. The second-order valence-electron chi connectivity index (χ2n) is 10.4. The van der Waals surface area contributed by atoms with E-state index < -0.39 is 113 Å². The first kappa shape index (κ1) is 36.8. The third-order valence-electron chi connectivity index (χ3n) is 7.27. The summed E-state index contributed by atoms with van der Waals surface area (Å²) in [5.41, 5.74) is 6.13. The number of aliphatic hydroxyl groups excluding tert-OH is 7. The van der Waals surface area contributed by atoms with Crippen LogP contribution < -0.4 is 5.73 Å². The molecule has 0 aromatic carbocycles. The van der Waals surface area contributed by atoms with Gasteiger partial charge in [-0.15, -0.1) is 0 Å². The summed E-state index contributed by atoms with van der Waals surface area (Å²) >= 11 is 0. The van der Waals surface area contributed by atoms with E-state index in [1.54, 1.807) is 0 Å². The van der Waals surface area contributed by atoms with Crippen molar-refractivity contribution in [2.75, 3.05) is 18.9 Å². The van der Waals surface area contributed by atoms with Crippen molar-refractivity contribution in [3.05, 3.63) is 12.7 Å². The number of rotatable bonds is 14. The minimum Gasteiger partial charge on any atom is -0.479 e. The van der Waals surface area contributed by atoms with Gasteiger partial charge in [0.1, 0.15) is 66.8 Å². The zero-order chi connectivity index (χ0) is 35.0. The molecule has 25 heteroatoms. The van der Waals surface area contributed by atoms with Gasteiger partial charge in [-0.1, -0.05) is 0 Å². The van der Waals surface area contributed by atoms with Crippen molar-refractivity contribution >= 4 is 36.7 Å². The number of aromatic nitrogens is 4. The second-order valence-corrected chi connectivity index (χ2v) is 11.6. The molecule has 0 spiro atoms. The molecule has 2 fully saturated rings. The van der Waals surface area contributed by atoms with E-state index >= 15 is 0 Å². The molecule has 2 aliphatic rings. The number of hydrogen-bond donors (Lipinski definition) is 12. The number of nitrogen functional groups attached to an aromatic ring is 1. The van der Waals surface area contributed by atoms with Gasteiger partial charge in [-0.25, -0.2) is 29.1 Å². The van der Waals surface area contributed by atoms with E-state index in [9.17, 15) is 55.0 Å². The zero-order valence-corrected chi connectivity index (χ0v) is 24.5. The van der Waals surface area contributed by atoms with Crippen LogP contribution in [0.1, 0.15) is 6.23 Å². The van der Waals surface area contributed by atoms with Gasteiger partial charge in [0.15, 0.2) is 36.2 Å². The van der Waals surface area contributed by atoms with Crippen LogP contribution in [0.5, 0.6) is 0 Å². The number of phosphoric ester groups is 1. The molecule has 0 aliphatic carbocycles. The molecule has 13 atom stereocenters. The highest BCUT2D eigenvalue weighted by Crippen LogP contribution is 2.40. The largest absolute Gasteiger partial charge is 0.479 e. The number of nitrogens with two attached hydrogens (primary N) is 1. The fraction of sp³-hybridized carbons (Fsp3) is 0.682. The Hall–Kier alpha value is -3.04. The van der Waals surface area contributed by atoms with E-state index in [0.717, 1.165) is 6.33 Å². The fourth-order valence-corrected chi connectivity index (χ4v) is 5.49. The van der Waals surface area contributed by atoms with Gasteiger partial charge in [-0.2, -0.15) is 0 Å². The molecule has 13 N–H and O–H groups in total. The van der Waals surface area contributed by atoms with Gasteiger partial charge in [0.05, 0.1) is 19.5 Å². The lowest BCUT2D eigenvalue weighted by Crippen LogP contribution is -2.62. The number of nitrogens with zero attached hydrogens (tertiary/aromatic N) is 4. The molecule has 0 unspecified atom stereocenters. The summed E-state index contributed by atoms with van der Waals surface area (Å²) in [6, 6.07) is 0. The Kier molecular flexibility index (Phi) is 11.4. The Morgan fingerprint density at radius 2 is 1.66 bits per heavy atom. The summed E-state index contributed by atoms with van der Waals surface area (Å²) in [6.07, 6.45) is -24.3. The molecule has 0 bridgehead atoms. The van der Waals surface area contributed by atoms with Crippen molar-refractivity contribution < 1.29 is 93.4 Å². The number of imidazole rings is 1. The Labute approximate surface area is 261 Å². The van der Waals surface area contributed by atoms with Crippen LogP contribution in [0.2, 0.25) is 0 Å². The van der Waals surface area contributed by atoms with Gasteiger partial charge in [0.25, 0.3) is 0 Å². The van der Waals surface area contributed by atoms with E-state index in [1.807, 2.05) is 0 Å². The SMILES string of the molecule is Nc1ncnc2c1ncn2[C@H]1O[C@@H](CO[C@@H]2[C@@H](O)[C@H](O)[C@@H](O[C@H](C(=O)O)[C@H](O)[C@H](OP(=O)(O)O)[C@H](O)C(=O)O)O[C@H]2CO)[C@H](O)[C@@H]1O. The Morgan fingerprint density at radius 1 is 0.979 bits per heavy atom. The van der Waals surface area contributed by atoms with Gasteiger partial charge in [-0.3, -0.25) is 9.09 Å². The molecule has 2 aromatic heterocycles. The van der Waals surface area contributed by atoms with Gasteiger partial charge >= 0.3 is 19.8 Å². The Morgan fingerprint density at radius 3 is 2.26 bits per heavy atom. The van der Waals surface area contributed by atoms with E-state index in [0.29, 0.717) is 0 Å². The number of carbonyl (C=O) groups is 2. The van der Waals surface area contributed by atoms with E-state index in [4.69, 9.17) is 39.6 Å². The van der Waals surface area contributed by atoms with Crippen LogP contribution in [0.3, 0.4) is 0 Å². The molecule has 264 valence electrons. The fourth-order valence-electron chi connectivity index (χ4n) is 4.94. The van der Waals surface area contributed by atoms with Crippen molar-refractivity contribution in [3.63, 3.8) is 0 Å². The average molecular weight is 701 g/mol. The lowest BCUT2D eigenvalue weighted by molar-refractivity contribution is -0.324. The molecule has 47 heavy (non-hydrogen) atoms. The third-order valence-corrected chi connectivity index (χ3v) is 7.78. The molecular formula is C22H32N5O19P. The van der Waals surface area contributed by atoms with Crippen LogP contribution >= 0.6 is 7.82 Å². The molecule has 4 rings (SSSR count). The number of ether oxygens (including phenoxy) is 4. The second kappa shape index (κ2) is 14.6. The first-order valence-electron chi connectivity index (χ1n) is 13.4. The predicted molar refractivity (Wildman–Crippen MR) is 142 cm³/mol. The molecular weight excluding hydrogens is 669 g/mol. The quantitative estimate of drug-likeness (QED) is 0.0814. The number of fused-ring (bicyclic) bond motifs is 1. The highest BCUT2D eigenvalue weighted by atomic mass is 31.2. The lowest BCUT2D eigenvalue weighted by atomic mass is 9.98. The van der Waals surface area contributed by atoms with Gasteiger partial charge < -0.3 is 80.4 Å². The average Bonchev–Trinajstić information content (AvgIpc) is 3.55. The summed E-state index contributed by atoms with van der Waals surface area (Å²) in [5.74, 6) is -4.26. The number of carboxylic acids is 2. The smallest absolute Gasteiger partial charge is 0.470 e. The van der Waals surface area contributed by atoms with Crippen molar-refractivity contribution in [3.8, 4) is 0 Å². The van der Waals surface area contributed by atoms with Crippen LogP contribution in [-0.2, 0) is 37.6 Å². The van der Waals surface area contributed by atoms with E-state index in [-0.39, 0.29) is 17.0 Å². The summed E-state index contributed by atoms with van der Waals surface area (Å²) < 4.78 is 38.2. The summed E-state index contributed by atoms with van der Waals surface area (Å²) in [6.45, 7) is -1.57. The zero-order valence-electron chi connectivity index (χ0n) is 23.6. The molecule has 2 saturated heterocycles. The van der Waals surface area contributed by atoms with Crippen molar-refractivity contribution in [2.45, 2.75) is 79.7 Å². The Balaban J connectivity index is 1.45. The maximum Gasteiger partial charge on any atom is 0.470 e. The van der Waals surface area contributed by atoms with Crippen molar-refractivity contribution in [1.82, 2.24) is 19.5 Å². The van der Waals surface area contributed by atoms with Crippen LogP contribution in [0, 0.1) is 0 Å². The number of carboxylic acid groups (broad SMARTS) is 2. The number of aliphatic hydroxyl groups is 7. The molecule has 2 aromatic rings. The predicted octanol–water partition coefficient (Wildman–Crippen LogP) is -6.39. The van der Waals surface area contributed by atoms with E-state index in [2.05, 4.69) is 19.5 Å². The standard InChI is InChI=1S/C22H32N5O19P/c23-17-7-18(25-3-24-17)27(4-26-7)19-10(31)8(29)6(43-19)2-42-14-5(1-28)44-22(11(32)9(14)30)45-16(21(37)38)12(33)15(13(34)20(35)36)46-47(39,40)41/h3-6,8-16,19,22,28-34H,1-2H2,(H,35,36)(H,37,38)(H2,23,24,25)(H2,39,40,41)/t5-,6-,8-,9-,10-,11-,12+,13-,14-,15-,16-,19-,22+/m0/s1. The number of anilines is 1. The maximum absolute atomic E-state index is 11.9. The minimum atomic E-state index is -5.64. The van der Waals surface area contributed by atoms with Crippen LogP contribution in [0.15, 0.2) is 12.7 Å². The van der Waals surface area contributed by atoms with Crippen molar-refractivity contribution in [1.29, 1.82) is 0 Å². The van der Waals surface area contributed by atoms with Crippen LogP contribution in [0.4, 0.5) is 5.82 Å². The molecule has 4 heterocycles. The van der Waals surface area contributed by atoms with Gasteiger partial charge in [0, 0.05) is 0 Å². The molecule has 2 aliphatic heterocycles. The lowest BCUT2D eigenvalue weighted by Gasteiger charge is -2.43. The molecule has 0 amide bonds. The highest BCUT2D eigenvalue weighted by Gasteiger charge is 2.51.